The molecule has 1 N–H and O–H groups in total. The van der Waals surface area contributed by atoms with Crippen LogP contribution in [0.4, 0.5) is 13.6 Å². The lowest BCUT2D eigenvalue weighted by Gasteiger charge is -2.31. The summed E-state index contributed by atoms with van der Waals surface area (Å²) < 4.78 is 40.4. The number of methoxy groups -OCH3 is 1. The van der Waals surface area contributed by atoms with Gasteiger partial charge < -0.3 is 24.3 Å². The molecule has 0 saturated carbocycles. The van der Waals surface area contributed by atoms with Crippen LogP contribution in [0.25, 0.3) is 11.4 Å². The molecule has 8 nitrogen and oxygen atoms in total. The second-order valence-electron chi connectivity index (χ2n) is 11.1. The Kier molecular flexibility index (Phi) is 8.07. The molecule has 0 unspecified atom stereocenters. The third kappa shape index (κ3) is 6.40. The van der Waals surface area contributed by atoms with Crippen LogP contribution in [0.3, 0.4) is 0 Å². The highest BCUT2D eigenvalue weighted by atomic mass is 19.2. The fraction of sp³-hybridized carbons (Fsp3) is 0.577. The Balaban J connectivity index is 2.07. The monoisotopic (exact) mass is 506 g/mol. The first-order chi connectivity index (χ1) is 16.7. The summed E-state index contributed by atoms with van der Waals surface area (Å²) in [6, 6.07) is 3.21. The van der Waals surface area contributed by atoms with E-state index in [1.54, 1.807) is 32.4 Å². The third-order valence-corrected chi connectivity index (χ3v) is 5.95. The molecular formula is C26H36F2N4O4. The van der Waals surface area contributed by atoms with Gasteiger partial charge in [-0.15, -0.1) is 0 Å². The van der Waals surface area contributed by atoms with E-state index in [0.717, 1.165) is 12.1 Å². The van der Waals surface area contributed by atoms with Gasteiger partial charge in [-0.25, -0.2) is 18.6 Å². The maximum absolute atomic E-state index is 14.1. The lowest BCUT2D eigenvalue weighted by Crippen LogP contribution is -2.47. The Hall–Kier alpha value is -3.01. The second kappa shape index (κ2) is 10.5. The Bertz CT molecular complexity index is 1120. The van der Waals surface area contributed by atoms with Gasteiger partial charge in [0, 0.05) is 25.8 Å². The number of carbonyl (C=O) groups excluding carboxylic acids is 2. The molecule has 0 bridgehead atoms. The third-order valence-electron chi connectivity index (χ3n) is 5.95. The highest BCUT2D eigenvalue weighted by Gasteiger charge is 2.33. The van der Waals surface area contributed by atoms with E-state index in [2.05, 4.69) is 10.3 Å². The molecule has 0 fully saturated rings. The molecule has 1 aromatic carbocycles. The van der Waals surface area contributed by atoms with Crippen molar-refractivity contribution in [3.05, 3.63) is 41.2 Å². The molecule has 0 spiro atoms. The van der Waals surface area contributed by atoms with Gasteiger partial charge in [0.05, 0.1) is 24.9 Å². The number of carbonyl (C=O) groups is 2. The van der Waals surface area contributed by atoms with Gasteiger partial charge in [0.1, 0.15) is 11.4 Å². The van der Waals surface area contributed by atoms with Crippen LogP contribution in [0.15, 0.2) is 18.2 Å². The van der Waals surface area contributed by atoms with Crippen LogP contribution in [-0.2, 0) is 22.6 Å². The van der Waals surface area contributed by atoms with Crippen molar-refractivity contribution in [3.63, 3.8) is 0 Å². The molecule has 198 valence electrons. The number of benzene rings is 1. The van der Waals surface area contributed by atoms with E-state index in [9.17, 15) is 18.4 Å². The summed E-state index contributed by atoms with van der Waals surface area (Å²) >= 11 is 0. The zero-order chi connectivity index (χ0) is 26.8. The van der Waals surface area contributed by atoms with Crippen molar-refractivity contribution in [1.29, 1.82) is 0 Å². The summed E-state index contributed by atoms with van der Waals surface area (Å²) in [7, 11) is 1.56. The molecule has 10 heteroatoms. The van der Waals surface area contributed by atoms with Crippen LogP contribution in [0.1, 0.15) is 64.1 Å². The molecule has 3 rings (SSSR count). The summed E-state index contributed by atoms with van der Waals surface area (Å²) in [5.41, 5.74) is -0.0189. The summed E-state index contributed by atoms with van der Waals surface area (Å²) in [6.45, 7) is 12.5. The predicted octanol–water partition coefficient (Wildman–Crippen LogP) is 4.76. The van der Waals surface area contributed by atoms with Gasteiger partial charge in [-0.3, -0.25) is 4.79 Å². The lowest BCUT2D eigenvalue weighted by molar-refractivity contribution is 0.0235. The molecule has 1 aliphatic heterocycles. The Morgan fingerprint density at radius 2 is 1.81 bits per heavy atom. The smallest absolute Gasteiger partial charge is 0.410 e. The maximum atomic E-state index is 14.1. The Labute approximate surface area is 211 Å². The van der Waals surface area contributed by atoms with Crippen LogP contribution in [0.5, 0.6) is 0 Å². The van der Waals surface area contributed by atoms with Crippen molar-refractivity contribution in [1.82, 2.24) is 19.8 Å². The van der Waals surface area contributed by atoms with Gasteiger partial charge in [0.2, 0.25) is 0 Å². The predicted molar refractivity (Wildman–Crippen MR) is 131 cm³/mol. The van der Waals surface area contributed by atoms with E-state index in [1.807, 2.05) is 20.8 Å². The molecule has 1 aromatic heterocycles. The van der Waals surface area contributed by atoms with Crippen LogP contribution >= 0.6 is 0 Å². The van der Waals surface area contributed by atoms with E-state index >= 15 is 0 Å². The molecule has 36 heavy (non-hydrogen) atoms. The molecule has 1 aliphatic rings. The number of ether oxygens (including phenoxy) is 2. The van der Waals surface area contributed by atoms with Crippen molar-refractivity contribution in [2.75, 3.05) is 20.3 Å². The summed E-state index contributed by atoms with van der Waals surface area (Å²) in [6.07, 6.45) is 0.0686. The normalized spacial score (nSPS) is 15.2. The number of fused-ring (bicyclic) bond motifs is 1. The van der Waals surface area contributed by atoms with Gasteiger partial charge in [-0.1, -0.05) is 20.8 Å². The molecule has 0 saturated heterocycles. The SMILES string of the molecule is COC[C@@H](NC(=O)c1nc(-c2ccc(F)c(F)c2)n2c1CN(C(=O)OC(C)(C)C)CCC2)C(C)(C)C. The number of halogens is 2. The zero-order valence-electron chi connectivity index (χ0n) is 22.1. The Morgan fingerprint density at radius 1 is 1.11 bits per heavy atom. The Morgan fingerprint density at radius 3 is 2.39 bits per heavy atom. The van der Waals surface area contributed by atoms with Crippen molar-refractivity contribution >= 4 is 12.0 Å². The zero-order valence-corrected chi connectivity index (χ0v) is 22.1. The molecule has 0 aliphatic carbocycles. The van der Waals surface area contributed by atoms with Crippen molar-refractivity contribution in [3.8, 4) is 11.4 Å². The van der Waals surface area contributed by atoms with Gasteiger partial charge in [0.25, 0.3) is 5.91 Å². The van der Waals surface area contributed by atoms with Crippen molar-refractivity contribution < 1.29 is 27.8 Å². The highest BCUT2D eigenvalue weighted by Crippen LogP contribution is 2.29. The summed E-state index contributed by atoms with van der Waals surface area (Å²) in [5.74, 6) is -2.08. The van der Waals surface area contributed by atoms with Crippen LogP contribution in [0, 0.1) is 17.0 Å². The van der Waals surface area contributed by atoms with Gasteiger partial charge in [0.15, 0.2) is 17.3 Å². The fourth-order valence-corrected chi connectivity index (χ4v) is 3.99. The molecule has 1 atom stereocenters. The number of hydrogen-bond acceptors (Lipinski definition) is 5. The first-order valence-electron chi connectivity index (χ1n) is 12.0. The number of nitrogens with one attached hydrogen (secondary N) is 1. The van der Waals surface area contributed by atoms with Gasteiger partial charge >= 0.3 is 6.09 Å². The number of rotatable bonds is 5. The number of amides is 2. The average molecular weight is 507 g/mol. The van der Waals surface area contributed by atoms with Gasteiger partial charge in [-0.2, -0.15) is 0 Å². The van der Waals surface area contributed by atoms with E-state index < -0.39 is 29.2 Å². The van der Waals surface area contributed by atoms with Crippen LogP contribution < -0.4 is 5.32 Å². The minimum atomic E-state index is -1.01. The average Bonchev–Trinajstić information content (AvgIpc) is 2.96. The fourth-order valence-electron chi connectivity index (χ4n) is 3.99. The van der Waals surface area contributed by atoms with Gasteiger partial charge in [-0.05, 0) is 50.8 Å². The standard InChI is InChI=1S/C26H36F2N4O4/c1-25(2,3)20(15-35-7)29-23(33)21-19-14-31(24(34)36-26(4,5)6)11-8-12-32(19)22(30-21)16-9-10-17(27)18(28)13-16/h9-10,13,20H,8,11-12,14-15H2,1-7H3,(H,29,33)/t20-/m1/s1. The number of imidazole rings is 1. The van der Waals surface area contributed by atoms with Crippen LogP contribution in [-0.4, -0.2) is 58.4 Å². The van der Waals surface area contributed by atoms with Crippen molar-refractivity contribution in [2.45, 2.75) is 72.7 Å². The quantitative estimate of drug-likeness (QED) is 0.632. The minimum Gasteiger partial charge on any atom is -0.444 e. The van der Waals surface area contributed by atoms with E-state index in [0.29, 0.717) is 43.2 Å². The summed E-state index contributed by atoms with van der Waals surface area (Å²) in [4.78, 5) is 32.5. The molecule has 2 amide bonds. The largest absolute Gasteiger partial charge is 0.444 e. The number of hydrogen-bond donors (Lipinski definition) is 1. The highest BCUT2D eigenvalue weighted by molar-refractivity contribution is 5.94. The first-order valence-corrected chi connectivity index (χ1v) is 12.0. The van der Waals surface area contributed by atoms with Crippen molar-refractivity contribution in [2.24, 2.45) is 5.41 Å². The lowest BCUT2D eigenvalue weighted by atomic mass is 9.87. The van der Waals surface area contributed by atoms with E-state index in [-0.39, 0.29) is 23.7 Å². The number of nitrogens with zero attached hydrogens (tertiary/aromatic N) is 3. The second-order valence-corrected chi connectivity index (χ2v) is 11.1. The topological polar surface area (TPSA) is 85.7 Å². The molecular weight excluding hydrogens is 470 g/mol. The van der Waals surface area contributed by atoms with E-state index in [4.69, 9.17) is 9.47 Å². The van der Waals surface area contributed by atoms with E-state index in [1.165, 1.54) is 11.0 Å². The number of aromatic nitrogens is 2. The first kappa shape index (κ1) is 27.6. The maximum Gasteiger partial charge on any atom is 0.410 e. The molecule has 2 aromatic rings. The van der Waals surface area contributed by atoms with Crippen LogP contribution in [0.2, 0.25) is 0 Å². The summed E-state index contributed by atoms with van der Waals surface area (Å²) in [5, 5.41) is 3.00. The molecule has 2 heterocycles. The molecule has 0 radical (unpaired) electrons. The minimum absolute atomic E-state index is 0.0821.